The molecule has 1 fully saturated rings. The lowest BCUT2D eigenvalue weighted by atomic mass is 10.2. The molecule has 6 heteroatoms. The Bertz CT molecular complexity index is 595. The second-order valence-corrected chi connectivity index (χ2v) is 6.06. The number of thiophene rings is 1. The van der Waals surface area contributed by atoms with E-state index in [9.17, 15) is 0 Å². The Labute approximate surface area is 122 Å². The Morgan fingerprint density at radius 2 is 2.00 bits per heavy atom. The van der Waals surface area contributed by atoms with Crippen LogP contribution in [0.5, 0.6) is 0 Å². The third-order valence-electron chi connectivity index (χ3n) is 3.93. The maximum absolute atomic E-state index is 5.45. The molecule has 1 saturated heterocycles. The monoisotopic (exact) mass is 297 g/mol. The van der Waals surface area contributed by atoms with Gasteiger partial charge >= 0.3 is 0 Å². The molecule has 4 nitrogen and oxygen atoms in total. The zero-order valence-corrected chi connectivity index (χ0v) is 12.2. The molecule has 4 rings (SSSR count). The molecule has 0 amide bonds. The molecule has 0 aromatic carbocycles. The van der Waals surface area contributed by atoms with Gasteiger partial charge in [0, 0.05) is 4.88 Å². The van der Waals surface area contributed by atoms with Crippen LogP contribution in [0.2, 0.25) is 0 Å². The van der Waals surface area contributed by atoms with Crippen molar-refractivity contribution < 1.29 is 22.0 Å². The van der Waals surface area contributed by atoms with Crippen molar-refractivity contribution in [2.24, 2.45) is 0 Å². The van der Waals surface area contributed by atoms with E-state index in [1.165, 1.54) is 45.8 Å². The van der Waals surface area contributed by atoms with Crippen LogP contribution in [0.1, 0.15) is 16.9 Å². The summed E-state index contributed by atoms with van der Waals surface area (Å²) in [7, 11) is 0. The number of quaternary nitrogens is 1. The van der Waals surface area contributed by atoms with Crippen LogP contribution in [0.25, 0.3) is 10.2 Å². The lowest BCUT2D eigenvalue weighted by Gasteiger charge is -2.22. The Morgan fingerprint density at radius 3 is 2.84 bits per heavy atom. The number of nitrogens with zero attached hydrogens (tertiary/aromatic N) is 2. The van der Waals surface area contributed by atoms with Gasteiger partial charge < -0.3 is 17.1 Å². The molecule has 3 heterocycles. The largest absolute Gasteiger partial charge is 1.00 e. The summed E-state index contributed by atoms with van der Waals surface area (Å²) in [6.07, 6.45) is 5.46. The fourth-order valence-corrected chi connectivity index (χ4v) is 4.28. The number of aryl methyl sites for hydroxylation is 2. The molecule has 0 radical (unpaired) electrons. The highest BCUT2D eigenvalue weighted by atomic mass is 35.5. The first-order valence-electron chi connectivity index (χ1n) is 6.61. The maximum atomic E-state index is 5.45. The minimum Gasteiger partial charge on any atom is -1.00 e. The number of hydrogen-bond acceptors (Lipinski definition) is 4. The number of morpholine rings is 1. The van der Waals surface area contributed by atoms with Crippen molar-refractivity contribution in [3.63, 3.8) is 0 Å². The van der Waals surface area contributed by atoms with Gasteiger partial charge in [0.25, 0.3) is 0 Å². The van der Waals surface area contributed by atoms with Crippen LogP contribution in [-0.4, -0.2) is 36.3 Å². The van der Waals surface area contributed by atoms with Gasteiger partial charge in [-0.1, -0.05) is 0 Å². The number of rotatable bonds is 1. The number of fused-ring (bicyclic) bond motifs is 3. The molecular formula is C13H16ClN3OS. The summed E-state index contributed by atoms with van der Waals surface area (Å²) in [5.41, 5.74) is 1.53. The summed E-state index contributed by atoms with van der Waals surface area (Å²) >= 11 is 1.87. The minimum atomic E-state index is 0. The first-order valence-corrected chi connectivity index (χ1v) is 7.43. The SMILES string of the molecule is [Cl-].c1nc([NH+]2CCOCC2)c2c3c(sc2n1)CCC3. The van der Waals surface area contributed by atoms with Crippen molar-refractivity contribution in [2.45, 2.75) is 19.3 Å². The summed E-state index contributed by atoms with van der Waals surface area (Å²) in [5, 5.41) is 1.35. The summed E-state index contributed by atoms with van der Waals surface area (Å²) in [6.45, 7) is 3.73. The van der Waals surface area contributed by atoms with E-state index in [0.717, 1.165) is 26.3 Å². The quantitative estimate of drug-likeness (QED) is 0.645. The number of aromatic nitrogens is 2. The second kappa shape index (κ2) is 5.32. The fourth-order valence-electron chi connectivity index (χ4n) is 3.05. The van der Waals surface area contributed by atoms with Gasteiger partial charge in [-0.05, 0) is 24.8 Å². The van der Waals surface area contributed by atoms with Gasteiger partial charge in [0.1, 0.15) is 24.2 Å². The standard InChI is InChI=1S/C13H15N3OS.ClH/c1-2-9-10(3-1)18-13-11(9)12(14-8-15-13)16-4-6-17-7-5-16;/h8H,1-7H2;1H. The molecule has 0 saturated carbocycles. The Hall–Kier alpha value is -0.750. The van der Waals surface area contributed by atoms with Crippen LogP contribution < -0.4 is 17.3 Å². The van der Waals surface area contributed by atoms with E-state index in [-0.39, 0.29) is 12.4 Å². The third-order valence-corrected chi connectivity index (χ3v) is 5.13. The van der Waals surface area contributed by atoms with Crippen molar-refractivity contribution in [1.82, 2.24) is 9.97 Å². The Balaban J connectivity index is 0.00000110. The number of halogens is 1. The summed E-state index contributed by atoms with van der Waals surface area (Å²) < 4.78 is 5.45. The first kappa shape index (κ1) is 13.2. The molecule has 2 aromatic rings. The highest BCUT2D eigenvalue weighted by Crippen LogP contribution is 2.38. The van der Waals surface area contributed by atoms with Gasteiger partial charge in [0.15, 0.2) is 0 Å². The van der Waals surface area contributed by atoms with Crippen molar-refractivity contribution in [3.05, 3.63) is 16.8 Å². The summed E-state index contributed by atoms with van der Waals surface area (Å²) in [5.74, 6) is 1.21. The van der Waals surface area contributed by atoms with Crippen LogP contribution in [0.3, 0.4) is 0 Å². The molecule has 1 aliphatic carbocycles. The smallest absolute Gasteiger partial charge is 0.238 e. The van der Waals surface area contributed by atoms with Gasteiger partial charge in [-0.2, -0.15) is 4.98 Å². The van der Waals surface area contributed by atoms with E-state index >= 15 is 0 Å². The lowest BCUT2D eigenvalue weighted by molar-refractivity contribution is -0.843. The van der Waals surface area contributed by atoms with E-state index in [2.05, 4.69) is 9.97 Å². The Kier molecular flexibility index (Phi) is 3.71. The van der Waals surface area contributed by atoms with Crippen molar-refractivity contribution in [3.8, 4) is 0 Å². The van der Waals surface area contributed by atoms with E-state index in [4.69, 9.17) is 4.74 Å². The predicted octanol–water partition coefficient (Wildman–Crippen LogP) is -2.27. The molecule has 2 aromatic heterocycles. The molecule has 19 heavy (non-hydrogen) atoms. The third kappa shape index (κ3) is 2.14. The Morgan fingerprint density at radius 1 is 1.16 bits per heavy atom. The molecule has 102 valence electrons. The van der Waals surface area contributed by atoms with Crippen molar-refractivity contribution >= 4 is 27.4 Å². The number of ether oxygens (including phenoxy) is 1. The second-order valence-electron chi connectivity index (χ2n) is 4.98. The van der Waals surface area contributed by atoms with Gasteiger partial charge in [-0.3, -0.25) is 4.90 Å². The molecular weight excluding hydrogens is 282 g/mol. The normalized spacial score (nSPS) is 19.4. The highest BCUT2D eigenvalue weighted by Gasteiger charge is 2.27. The van der Waals surface area contributed by atoms with Gasteiger partial charge in [-0.15, -0.1) is 11.3 Å². The molecule has 0 atom stereocenters. The number of hydrogen-bond donors (Lipinski definition) is 1. The topological polar surface area (TPSA) is 39.5 Å². The fraction of sp³-hybridized carbons (Fsp3) is 0.538. The van der Waals surface area contributed by atoms with Crippen LogP contribution in [0, 0.1) is 0 Å². The molecule has 0 unspecified atom stereocenters. The predicted molar refractivity (Wildman–Crippen MR) is 70.6 cm³/mol. The van der Waals surface area contributed by atoms with Gasteiger partial charge in [-0.25, -0.2) is 4.98 Å². The summed E-state index contributed by atoms with van der Waals surface area (Å²) in [6, 6.07) is 0. The minimum absolute atomic E-state index is 0. The van der Waals surface area contributed by atoms with Crippen molar-refractivity contribution in [2.75, 3.05) is 26.3 Å². The molecule has 0 bridgehead atoms. The van der Waals surface area contributed by atoms with Crippen LogP contribution >= 0.6 is 11.3 Å². The first-order chi connectivity index (χ1) is 8.93. The molecule has 1 aliphatic heterocycles. The molecule has 0 spiro atoms. The van der Waals surface area contributed by atoms with E-state index in [1.807, 2.05) is 11.3 Å². The molecule has 1 N–H and O–H groups in total. The average Bonchev–Trinajstić information content (AvgIpc) is 2.99. The van der Waals surface area contributed by atoms with Crippen molar-refractivity contribution in [1.29, 1.82) is 0 Å². The van der Waals surface area contributed by atoms with Crippen LogP contribution in [-0.2, 0) is 17.6 Å². The van der Waals surface area contributed by atoms with E-state index in [1.54, 1.807) is 11.2 Å². The van der Waals surface area contributed by atoms with Gasteiger partial charge in [0.05, 0.1) is 18.6 Å². The average molecular weight is 298 g/mol. The lowest BCUT2D eigenvalue weighted by Crippen LogP contribution is -3.09. The zero-order chi connectivity index (χ0) is 11.9. The van der Waals surface area contributed by atoms with Gasteiger partial charge in [0.2, 0.25) is 5.82 Å². The van der Waals surface area contributed by atoms with Crippen LogP contribution in [0.15, 0.2) is 6.33 Å². The van der Waals surface area contributed by atoms with Crippen LogP contribution in [0.4, 0.5) is 5.82 Å². The summed E-state index contributed by atoms with van der Waals surface area (Å²) in [4.78, 5) is 13.2. The molecule has 2 aliphatic rings. The maximum Gasteiger partial charge on any atom is 0.238 e. The zero-order valence-electron chi connectivity index (χ0n) is 10.6. The number of nitrogens with one attached hydrogen (secondary N) is 1. The van der Waals surface area contributed by atoms with E-state index < -0.39 is 0 Å². The van der Waals surface area contributed by atoms with E-state index in [0.29, 0.717) is 0 Å². The highest BCUT2D eigenvalue weighted by molar-refractivity contribution is 7.19.